The van der Waals surface area contributed by atoms with Crippen LogP contribution in [-0.4, -0.2) is 36.8 Å². The number of aromatic nitrogens is 2. The van der Waals surface area contributed by atoms with Crippen LogP contribution in [0.15, 0.2) is 24.5 Å². The SMILES string of the molecule is CN(C)S(=O)(=O)Nc1ccc2nc[nH]c2c1. The molecule has 0 saturated carbocycles. The van der Waals surface area contributed by atoms with Gasteiger partial charge in [-0.25, -0.2) is 4.98 Å². The number of hydrogen-bond donors (Lipinski definition) is 2. The lowest BCUT2D eigenvalue weighted by Gasteiger charge is -2.13. The first-order chi connectivity index (χ1) is 7.49. The highest BCUT2D eigenvalue weighted by Gasteiger charge is 2.12. The summed E-state index contributed by atoms with van der Waals surface area (Å²) in [6, 6.07) is 5.12. The number of benzene rings is 1. The van der Waals surface area contributed by atoms with E-state index in [0.717, 1.165) is 15.3 Å². The topological polar surface area (TPSA) is 78.1 Å². The van der Waals surface area contributed by atoms with Crippen molar-refractivity contribution in [3.05, 3.63) is 24.5 Å². The normalized spacial score (nSPS) is 12.2. The van der Waals surface area contributed by atoms with Crippen molar-refractivity contribution in [2.24, 2.45) is 0 Å². The number of imidazole rings is 1. The maximum Gasteiger partial charge on any atom is 0.301 e. The molecule has 0 aliphatic heterocycles. The molecule has 1 aromatic heterocycles. The van der Waals surface area contributed by atoms with Gasteiger partial charge >= 0.3 is 10.2 Å². The predicted octanol–water partition coefficient (Wildman–Crippen LogP) is 0.781. The first-order valence-electron chi connectivity index (χ1n) is 4.62. The lowest BCUT2D eigenvalue weighted by atomic mass is 10.3. The zero-order valence-corrected chi connectivity index (χ0v) is 9.75. The molecule has 0 aliphatic rings. The standard InChI is InChI=1S/C9H12N4O2S/c1-13(2)16(14,15)12-7-3-4-8-9(5-7)11-6-10-8/h3-6,12H,1-2H3,(H,10,11). The lowest BCUT2D eigenvalue weighted by Crippen LogP contribution is -2.28. The van der Waals surface area contributed by atoms with Crippen LogP contribution in [0.25, 0.3) is 11.0 Å². The average Bonchev–Trinajstić information content (AvgIpc) is 2.63. The van der Waals surface area contributed by atoms with Crippen LogP contribution < -0.4 is 4.72 Å². The lowest BCUT2D eigenvalue weighted by molar-refractivity contribution is 0.527. The zero-order valence-electron chi connectivity index (χ0n) is 8.93. The van der Waals surface area contributed by atoms with Gasteiger partial charge in [-0.15, -0.1) is 0 Å². The maximum atomic E-state index is 11.6. The van der Waals surface area contributed by atoms with Crippen molar-refractivity contribution in [2.75, 3.05) is 18.8 Å². The Morgan fingerprint density at radius 2 is 2.12 bits per heavy atom. The van der Waals surface area contributed by atoms with Crippen LogP contribution in [0.1, 0.15) is 0 Å². The van der Waals surface area contributed by atoms with E-state index in [4.69, 9.17) is 0 Å². The van der Waals surface area contributed by atoms with Gasteiger partial charge in [-0.3, -0.25) is 4.72 Å². The Hall–Kier alpha value is -1.60. The van der Waals surface area contributed by atoms with Gasteiger partial charge < -0.3 is 4.98 Å². The van der Waals surface area contributed by atoms with Crippen molar-refractivity contribution in [1.82, 2.24) is 14.3 Å². The summed E-state index contributed by atoms with van der Waals surface area (Å²) in [6.07, 6.45) is 1.56. The van der Waals surface area contributed by atoms with Crippen molar-refractivity contribution in [3.8, 4) is 0 Å². The van der Waals surface area contributed by atoms with Crippen molar-refractivity contribution < 1.29 is 8.42 Å². The first-order valence-corrected chi connectivity index (χ1v) is 6.06. The Morgan fingerprint density at radius 3 is 2.81 bits per heavy atom. The number of nitrogens with zero attached hydrogens (tertiary/aromatic N) is 2. The van der Waals surface area contributed by atoms with Gasteiger partial charge in [0, 0.05) is 14.1 Å². The number of fused-ring (bicyclic) bond motifs is 1. The molecule has 0 unspecified atom stereocenters. The fraction of sp³-hybridized carbons (Fsp3) is 0.222. The van der Waals surface area contributed by atoms with Gasteiger partial charge in [0.2, 0.25) is 0 Å². The molecule has 1 aromatic carbocycles. The summed E-state index contributed by atoms with van der Waals surface area (Å²) in [4.78, 5) is 6.96. The number of hydrogen-bond acceptors (Lipinski definition) is 3. The molecule has 0 saturated heterocycles. The molecule has 86 valence electrons. The van der Waals surface area contributed by atoms with Crippen LogP contribution >= 0.6 is 0 Å². The van der Waals surface area contributed by atoms with Gasteiger partial charge in [-0.2, -0.15) is 12.7 Å². The smallest absolute Gasteiger partial charge is 0.301 e. The highest BCUT2D eigenvalue weighted by molar-refractivity contribution is 7.90. The van der Waals surface area contributed by atoms with E-state index in [0.29, 0.717) is 5.69 Å². The third kappa shape index (κ3) is 2.00. The summed E-state index contributed by atoms with van der Waals surface area (Å²) in [6.45, 7) is 0. The van der Waals surface area contributed by atoms with Gasteiger partial charge in [0.1, 0.15) is 0 Å². The largest absolute Gasteiger partial charge is 0.345 e. The Kier molecular flexibility index (Phi) is 2.56. The molecule has 0 radical (unpaired) electrons. The van der Waals surface area contributed by atoms with Gasteiger partial charge in [-0.05, 0) is 18.2 Å². The van der Waals surface area contributed by atoms with Gasteiger partial charge in [-0.1, -0.05) is 0 Å². The fourth-order valence-electron chi connectivity index (χ4n) is 1.24. The third-order valence-electron chi connectivity index (χ3n) is 2.15. The minimum atomic E-state index is -3.45. The number of H-pyrrole nitrogens is 1. The van der Waals surface area contributed by atoms with Crippen molar-refractivity contribution in [2.45, 2.75) is 0 Å². The highest BCUT2D eigenvalue weighted by Crippen LogP contribution is 2.16. The molecule has 16 heavy (non-hydrogen) atoms. The minimum Gasteiger partial charge on any atom is -0.345 e. The molecule has 0 aliphatic carbocycles. The third-order valence-corrected chi connectivity index (χ3v) is 3.60. The van der Waals surface area contributed by atoms with Crippen LogP contribution in [0.5, 0.6) is 0 Å². The van der Waals surface area contributed by atoms with E-state index >= 15 is 0 Å². The van der Waals surface area contributed by atoms with Crippen LogP contribution in [0.3, 0.4) is 0 Å². The Labute approximate surface area is 93.5 Å². The molecular formula is C9H12N4O2S. The van der Waals surface area contributed by atoms with Crippen molar-refractivity contribution in [1.29, 1.82) is 0 Å². The van der Waals surface area contributed by atoms with E-state index in [9.17, 15) is 8.42 Å². The van der Waals surface area contributed by atoms with Crippen LogP contribution in [0.2, 0.25) is 0 Å². The Balaban J connectivity index is 2.34. The van der Waals surface area contributed by atoms with Crippen molar-refractivity contribution >= 4 is 26.9 Å². The molecular weight excluding hydrogens is 228 g/mol. The molecule has 2 aromatic rings. The van der Waals surface area contributed by atoms with E-state index in [2.05, 4.69) is 14.7 Å². The predicted molar refractivity (Wildman–Crippen MR) is 62.3 cm³/mol. The summed E-state index contributed by atoms with van der Waals surface area (Å²) < 4.78 is 26.7. The monoisotopic (exact) mass is 240 g/mol. The van der Waals surface area contributed by atoms with E-state index in [-0.39, 0.29) is 0 Å². The Bertz CT molecular complexity index is 603. The molecule has 0 atom stereocenters. The fourth-order valence-corrected chi connectivity index (χ4v) is 1.85. The number of anilines is 1. The number of nitrogens with one attached hydrogen (secondary N) is 2. The second-order valence-electron chi connectivity index (χ2n) is 3.52. The summed E-state index contributed by atoms with van der Waals surface area (Å²) in [5, 5.41) is 0. The molecule has 2 N–H and O–H groups in total. The quantitative estimate of drug-likeness (QED) is 0.832. The zero-order chi connectivity index (χ0) is 11.8. The Morgan fingerprint density at radius 1 is 1.38 bits per heavy atom. The van der Waals surface area contributed by atoms with Crippen LogP contribution in [0.4, 0.5) is 5.69 Å². The molecule has 0 spiro atoms. The molecule has 0 fully saturated rings. The number of aromatic amines is 1. The maximum absolute atomic E-state index is 11.6. The van der Waals surface area contributed by atoms with E-state index < -0.39 is 10.2 Å². The summed E-state index contributed by atoms with van der Waals surface area (Å²) >= 11 is 0. The highest BCUT2D eigenvalue weighted by atomic mass is 32.2. The van der Waals surface area contributed by atoms with E-state index in [1.807, 2.05) is 0 Å². The second-order valence-corrected chi connectivity index (χ2v) is 5.41. The average molecular weight is 240 g/mol. The van der Waals surface area contributed by atoms with E-state index in [1.54, 1.807) is 24.5 Å². The summed E-state index contributed by atoms with van der Waals surface area (Å²) in [5.74, 6) is 0. The first kappa shape index (κ1) is 10.9. The number of rotatable bonds is 3. The van der Waals surface area contributed by atoms with Crippen LogP contribution in [-0.2, 0) is 10.2 Å². The summed E-state index contributed by atoms with van der Waals surface area (Å²) in [5.41, 5.74) is 2.09. The molecule has 2 rings (SSSR count). The van der Waals surface area contributed by atoms with Crippen LogP contribution in [0, 0.1) is 0 Å². The van der Waals surface area contributed by atoms with E-state index in [1.165, 1.54) is 14.1 Å². The summed E-state index contributed by atoms with van der Waals surface area (Å²) in [7, 11) is -0.515. The van der Waals surface area contributed by atoms with Crippen molar-refractivity contribution in [3.63, 3.8) is 0 Å². The molecule has 6 nitrogen and oxygen atoms in total. The second kappa shape index (κ2) is 3.76. The molecule has 1 heterocycles. The molecule has 7 heteroatoms. The van der Waals surface area contributed by atoms with Gasteiger partial charge in [0.15, 0.2) is 0 Å². The molecule has 0 bridgehead atoms. The van der Waals surface area contributed by atoms with Gasteiger partial charge in [0.25, 0.3) is 0 Å². The minimum absolute atomic E-state index is 0.505. The van der Waals surface area contributed by atoms with Gasteiger partial charge in [0.05, 0.1) is 23.0 Å². The molecule has 0 amide bonds.